The van der Waals surface area contributed by atoms with Crippen LogP contribution >= 0.6 is 0 Å². The number of rotatable bonds is 4. The predicted molar refractivity (Wildman–Crippen MR) is 115 cm³/mol. The van der Waals surface area contributed by atoms with E-state index in [1.807, 2.05) is 19.9 Å². The second kappa shape index (κ2) is 7.40. The SMILES string of the molecule is COCC1OC(=O)c2coc3c2C1(C)C1=C(C3=O)C2CC=C(OC(C)=O)C2(C)CC1OC(C)=O. The average molecular weight is 470 g/mol. The molecule has 0 bridgehead atoms. The molecule has 0 radical (unpaired) electrons. The molecule has 180 valence electrons. The maximum atomic E-state index is 13.9. The van der Waals surface area contributed by atoms with Crippen LogP contribution in [0.25, 0.3) is 0 Å². The summed E-state index contributed by atoms with van der Waals surface area (Å²) in [6.07, 6.45) is 2.25. The van der Waals surface area contributed by atoms with Crippen molar-refractivity contribution in [3.8, 4) is 0 Å². The molecule has 0 amide bonds. The van der Waals surface area contributed by atoms with Gasteiger partial charge in [-0.2, -0.15) is 0 Å². The minimum absolute atomic E-state index is 0.0724. The molecule has 3 aliphatic carbocycles. The molecular weight excluding hydrogens is 444 g/mol. The van der Waals surface area contributed by atoms with Crippen molar-refractivity contribution < 1.29 is 42.5 Å². The highest BCUT2D eigenvalue weighted by atomic mass is 16.6. The summed E-state index contributed by atoms with van der Waals surface area (Å²) in [5.74, 6) is -1.72. The minimum Gasteiger partial charge on any atom is -0.460 e. The number of allylic oxidation sites excluding steroid dienone is 3. The molecule has 5 atom stereocenters. The summed E-state index contributed by atoms with van der Waals surface area (Å²) in [6.45, 7) is 6.48. The third-order valence-electron chi connectivity index (χ3n) is 7.75. The first-order chi connectivity index (χ1) is 16.0. The maximum Gasteiger partial charge on any atom is 0.342 e. The number of methoxy groups -OCH3 is 1. The van der Waals surface area contributed by atoms with E-state index >= 15 is 0 Å². The molecule has 0 saturated carbocycles. The molecule has 1 aromatic rings. The van der Waals surface area contributed by atoms with Gasteiger partial charge in [0.25, 0.3) is 0 Å². The number of ether oxygens (including phenoxy) is 4. The molecule has 9 nitrogen and oxygen atoms in total. The van der Waals surface area contributed by atoms with E-state index in [2.05, 4.69) is 0 Å². The van der Waals surface area contributed by atoms with Crippen LogP contribution in [0.2, 0.25) is 0 Å². The van der Waals surface area contributed by atoms with E-state index in [1.54, 1.807) is 0 Å². The van der Waals surface area contributed by atoms with Crippen LogP contribution in [0.1, 0.15) is 67.0 Å². The van der Waals surface area contributed by atoms with Crippen LogP contribution in [0.5, 0.6) is 0 Å². The van der Waals surface area contributed by atoms with Crippen molar-refractivity contribution in [2.45, 2.75) is 58.2 Å². The highest BCUT2D eigenvalue weighted by molar-refractivity contribution is 6.13. The van der Waals surface area contributed by atoms with Crippen LogP contribution in [0.4, 0.5) is 0 Å². The molecule has 5 rings (SSSR count). The Balaban J connectivity index is 1.77. The Bertz CT molecular complexity index is 1200. The molecule has 0 fully saturated rings. The Morgan fingerprint density at radius 2 is 1.91 bits per heavy atom. The third kappa shape index (κ3) is 2.82. The van der Waals surface area contributed by atoms with Crippen LogP contribution in [0.3, 0.4) is 0 Å². The Hall–Kier alpha value is -3.20. The number of hydrogen-bond donors (Lipinski definition) is 0. The van der Waals surface area contributed by atoms with Crippen LogP contribution < -0.4 is 0 Å². The zero-order valence-corrected chi connectivity index (χ0v) is 19.7. The summed E-state index contributed by atoms with van der Waals surface area (Å²) in [7, 11) is 1.50. The van der Waals surface area contributed by atoms with Gasteiger partial charge in [-0.3, -0.25) is 14.4 Å². The fourth-order valence-corrected chi connectivity index (χ4v) is 6.37. The van der Waals surface area contributed by atoms with E-state index in [4.69, 9.17) is 23.4 Å². The molecule has 1 aliphatic heterocycles. The van der Waals surface area contributed by atoms with Gasteiger partial charge >= 0.3 is 17.9 Å². The lowest BCUT2D eigenvalue weighted by Crippen LogP contribution is -2.57. The summed E-state index contributed by atoms with van der Waals surface area (Å²) in [5.41, 5.74) is -0.0979. The Labute approximate surface area is 196 Å². The average Bonchev–Trinajstić information content (AvgIpc) is 3.32. The van der Waals surface area contributed by atoms with Crippen LogP contribution in [0, 0.1) is 11.3 Å². The first-order valence-corrected chi connectivity index (χ1v) is 11.2. The van der Waals surface area contributed by atoms with Gasteiger partial charge in [-0.25, -0.2) is 4.79 Å². The normalized spacial score (nSPS) is 33.4. The zero-order chi connectivity index (χ0) is 24.6. The molecule has 0 N–H and O–H groups in total. The number of furan rings is 1. The van der Waals surface area contributed by atoms with E-state index in [0.717, 1.165) is 0 Å². The summed E-state index contributed by atoms with van der Waals surface area (Å²) in [4.78, 5) is 50.6. The fourth-order valence-electron chi connectivity index (χ4n) is 6.37. The number of esters is 3. The summed E-state index contributed by atoms with van der Waals surface area (Å²) < 4.78 is 28.1. The molecule has 1 aromatic heterocycles. The standard InChI is InChI=1S/C25H26O9/c1-11(26)32-15-8-24(3)14(6-7-16(24)33-12(2)27)18-20(15)25(4)17(10-30-5)34-23(29)13-9-31-22(19(13)25)21(18)28/h7,9,14-15,17H,6,8,10H2,1-5H3. The molecule has 34 heavy (non-hydrogen) atoms. The molecule has 5 unspecified atom stereocenters. The lowest BCUT2D eigenvalue weighted by Gasteiger charge is -2.52. The highest BCUT2D eigenvalue weighted by Gasteiger charge is 2.63. The molecule has 0 aromatic carbocycles. The van der Waals surface area contributed by atoms with Crippen molar-refractivity contribution in [2.24, 2.45) is 11.3 Å². The lowest BCUT2D eigenvalue weighted by atomic mass is 9.54. The second-order valence-corrected chi connectivity index (χ2v) is 9.73. The zero-order valence-electron chi connectivity index (χ0n) is 19.7. The van der Waals surface area contributed by atoms with Crippen molar-refractivity contribution in [3.63, 3.8) is 0 Å². The molecule has 9 heteroatoms. The number of Topliss-reactive ketones (excluding diaryl/α,β-unsaturated/α-hetero) is 1. The topological polar surface area (TPSA) is 118 Å². The number of carbonyl (C=O) groups is 4. The van der Waals surface area contributed by atoms with Crippen LogP contribution in [0.15, 0.2) is 33.7 Å². The van der Waals surface area contributed by atoms with E-state index in [9.17, 15) is 19.2 Å². The molecule has 0 saturated heterocycles. The monoisotopic (exact) mass is 470 g/mol. The first-order valence-electron chi connectivity index (χ1n) is 11.2. The van der Waals surface area contributed by atoms with Gasteiger partial charge in [0, 0.05) is 49.8 Å². The predicted octanol–water partition coefficient (Wildman–Crippen LogP) is 3.02. The van der Waals surface area contributed by atoms with E-state index < -0.39 is 40.9 Å². The molecule has 2 heterocycles. The van der Waals surface area contributed by atoms with E-state index in [0.29, 0.717) is 35.3 Å². The number of fused-ring (bicyclic) bond motifs is 3. The Morgan fingerprint density at radius 1 is 1.18 bits per heavy atom. The number of cyclic esters (lactones) is 1. The van der Waals surface area contributed by atoms with Crippen molar-refractivity contribution >= 4 is 23.7 Å². The Kier molecular flexibility index (Phi) is 4.91. The smallest absolute Gasteiger partial charge is 0.342 e. The van der Waals surface area contributed by atoms with Crippen LogP contribution in [-0.2, 0) is 34.0 Å². The number of carbonyl (C=O) groups excluding carboxylic acids is 4. The summed E-state index contributed by atoms with van der Waals surface area (Å²) >= 11 is 0. The summed E-state index contributed by atoms with van der Waals surface area (Å²) in [6, 6.07) is 0. The molecule has 0 spiro atoms. The van der Waals surface area contributed by atoms with Crippen LogP contribution in [-0.4, -0.2) is 49.6 Å². The fraction of sp³-hybridized carbons (Fsp3) is 0.520. The third-order valence-corrected chi connectivity index (χ3v) is 7.75. The van der Waals surface area contributed by atoms with Gasteiger partial charge in [0.1, 0.15) is 29.8 Å². The Morgan fingerprint density at radius 3 is 2.56 bits per heavy atom. The van der Waals surface area contributed by atoms with Gasteiger partial charge in [-0.1, -0.05) is 6.92 Å². The minimum atomic E-state index is -1.02. The highest BCUT2D eigenvalue weighted by Crippen LogP contribution is 2.62. The van der Waals surface area contributed by atoms with E-state index in [-0.39, 0.29) is 29.6 Å². The number of ketones is 1. The maximum absolute atomic E-state index is 13.9. The van der Waals surface area contributed by atoms with Crippen molar-refractivity contribution in [3.05, 3.63) is 46.1 Å². The van der Waals surface area contributed by atoms with Gasteiger partial charge in [0.15, 0.2) is 5.76 Å². The van der Waals surface area contributed by atoms with Crippen molar-refractivity contribution in [1.29, 1.82) is 0 Å². The van der Waals surface area contributed by atoms with Gasteiger partial charge in [-0.15, -0.1) is 0 Å². The largest absolute Gasteiger partial charge is 0.460 e. The van der Waals surface area contributed by atoms with Crippen molar-refractivity contribution in [2.75, 3.05) is 13.7 Å². The first kappa shape index (κ1) is 22.6. The molecular formula is C25H26O9. The summed E-state index contributed by atoms with van der Waals surface area (Å²) in [5, 5.41) is 0. The van der Waals surface area contributed by atoms with E-state index in [1.165, 1.54) is 27.2 Å². The number of hydrogen-bond acceptors (Lipinski definition) is 9. The second-order valence-electron chi connectivity index (χ2n) is 9.73. The quantitative estimate of drug-likeness (QED) is 0.483. The molecule has 4 aliphatic rings. The van der Waals surface area contributed by atoms with Crippen molar-refractivity contribution in [1.82, 2.24) is 0 Å². The van der Waals surface area contributed by atoms with Gasteiger partial charge in [0.05, 0.1) is 12.0 Å². The van der Waals surface area contributed by atoms with Gasteiger partial charge in [-0.05, 0) is 25.0 Å². The van der Waals surface area contributed by atoms with Gasteiger partial charge in [0.2, 0.25) is 5.78 Å². The lowest BCUT2D eigenvalue weighted by molar-refractivity contribution is -0.149. The van der Waals surface area contributed by atoms with Gasteiger partial charge < -0.3 is 23.4 Å².